The van der Waals surface area contributed by atoms with Gasteiger partial charge in [-0.1, -0.05) is 0 Å². The van der Waals surface area contributed by atoms with Gasteiger partial charge in [0.05, 0.1) is 41.9 Å². The van der Waals surface area contributed by atoms with Crippen LogP contribution in [0.25, 0.3) is 17.0 Å². The Morgan fingerprint density at radius 1 is 1.24 bits per heavy atom. The summed E-state index contributed by atoms with van der Waals surface area (Å²) >= 11 is 0. The molecule has 0 saturated carbocycles. The molecule has 5 N–H and O–H groups in total. The van der Waals surface area contributed by atoms with E-state index in [1.807, 2.05) is 13.8 Å². The summed E-state index contributed by atoms with van der Waals surface area (Å²) in [4.78, 5) is 21.5. The first-order valence-electron chi connectivity index (χ1n) is 10.7. The average Bonchev–Trinajstić information content (AvgIpc) is 3.17. The monoisotopic (exact) mass is 459 g/mol. The fraction of sp³-hybridized carbons (Fsp3) is 0.455. The highest BCUT2D eigenvalue weighted by Gasteiger charge is 2.27. The molecule has 178 valence electrons. The van der Waals surface area contributed by atoms with E-state index < -0.39 is 17.7 Å². The lowest BCUT2D eigenvalue weighted by molar-refractivity contribution is -0.00177. The Balaban J connectivity index is 1.92. The molecule has 11 heteroatoms. The molecule has 0 bridgehead atoms. The number of pyridine rings is 1. The Bertz CT molecular complexity index is 1110. The van der Waals surface area contributed by atoms with E-state index in [4.69, 9.17) is 5.11 Å². The number of anilines is 2. The summed E-state index contributed by atoms with van der Waals surface area (Å²) in [6.45, 7) is 6.57. The number of carbonyl (C=O) groups is 1. The lowest BCUT2D eigenvalue weighted by Crippen LogP contribution is -2.42. The number of hydrogen-bond donors (Lipinski definition) is 5. The second kappa shape index (κ2) is 10.1. The zero-order valence-corrected chi connectivity index (χ0v) is 19.1. The van der Waals surface area contributed by atoms with Gasteiger partial charge in [0.25, 0.3) is 5.91 Å². The summed E-state index contributed by atoms with van der Waals surface area (Å²) in [5.41, 5.74) is 0.978. The standard InChI is InChI=1S/C22H30FN7O3/c1-13(2)28-15-9-16(25-10-14(15)21(32)27-12-18(23)22(3,4)33)17-11-26-20-6-5-19(24-7-8-31)29-30(17)20/h5-6,9-11,13,18,31,33H,7-8,12H2,1-4H3,(H,24,29)(H,25,28)(H,27,32). The normalized spacial score (nSPS) is 12.7. The molecule has 33 heavy (non-hydrogen) atoms. The fourth-order valence-electron chi connectivity index (χ4n) is 3.06. The number of amides is 1. The molecule has 1 amide bonds. The molecule has 3 aromatic rings. The van der Waals surface area contributed by atoms with Crippen molar-refractivity contribution in [2.24, 2.45) is 0 Å². The number of alkyl halides is 1. The summed E-state index contributed by atoms with van der Waals surface area (Å²) in [6, 6.07) is 5.30. The molecule has 0 fully saturated rings. The van der Waals surface area contributed by atoms with Gasteiger partial charge < -0.3 is 26.2 Å². The van der Waals surface area contributed by atoms with Crippen molar-refractivity contribution in [2.75, 3.05) is 30.3 Å². The largest absolute Gasteiger partial charge is 0.395 e. The van der Waals surface area contributed by atoms with E-state index in [0.29, 0.717) is 35.1 Å². The molecule has 10 nitrogen and oxygen atoms in total. The van der Waals surface area contributed by atoms with E-state index >= 15 is 0 Å². The number of hydrogen-bond acceptors (Lipinski definition) is 8. The molecular formula is C22H30FN7O3. The van der Waals surface area contributed by atoms with E-state index in [-0.39, 0.29) is 24.8 Å². The molecule has 0 aliphatic heterocycles. The van der Waals surface area contributed by atoms with Crippen LogP contribution in [-0.4, -0.2) is 73.2 Å². The van der Waals surface area contributed by atoms with Crippen LogP contribution in [0.3, 0.4) is 0 Å². The Hall–Kier alpha value is -3.31. The summed E-state index contributed by atoms with van der Waals surface area (Å²) in [5.74, 6) is 0.0655. The second-order valence-electron chi connectivity index (χ2n) is 8.53. The minimum absolute atomic E-state index is 0.0201. The zero-order valence-electron chi connectivity index (χ0n) is 19.1. The van der Waals surface area contributed by atoms with Crippen LogP contribution in [0.5, 0.6) is 0 Å². The van der Waals surface area contributed by atoms with Gasteiger partial charge in [-0.2, -0.15) is 0 Å². The van der Waals surface area contributed by atoms with Crippen LogP contribution < -0.4 is 16.0 Å². The number of aliphatic hydroxyl groups is 2. The molecule has 0 aliphatic rings. The number of carbonyl (C=O) groups excluding carboxylic acids is 1. The average molecular weight is 460 g/mol. The Morgan fingerprint density at radius 2 is 2.00 bits per heavy atom. The van der Waals surface area contributed by atoms with E-state index in [0.717, 1.165) is 0 Å². The molecule has 3 aromatic heterocycles. The quantitative estimate of drug-likeness (QED) is 0.310. The molecular weight excluding hydrogens is 429 g/mol. The van der Waals surface area contributed by atoms with Crippen LogP contribution in [0.15, 0.2) is 30.6 Å². The lowest BCUT2D eigenvalue weighted by Gasteiger charge is -2.23. The van der Waals surface area contributed by atoms with Gasteiger partial charge in [-0.05, 0) is 45.9 Å². The van der Waals surface area contributed by atoms with E-state index in [9.17, 15) is 14.3 Å². The molecule has 0 aromatic carbocycles. The molecule has 0 spiro atoms. The van der Waals surface area contributed by atoms with Crippen LogP contribution in [0, 0.1) is 0 Å². The van der Waals surface area contributed by atoms with Gasteiger partial charge in [0.1, 0.15) is 17.7 Å². The number of fused-ring (bicyclic) bond motifs is 1. The number of halogens is 1. The van der Waals surface area contributed by atoms with Gasteiger partial charge >= 0.3 is 0 Å². The van der Waals surface area contributed by atoms with Gasteiger partial charge in [0, 0.05) is 18.8 Å². The Morgan fingerprint density at radius 3 is 2.67 bits per heavy atom. The van der Waals surface area contributed by atoms with Crippen LogP contribution >= 0.6 is 0 Å². The first-order chi connectivity index (χ1) is 15.6. The number of nitrogens with one attached hydrogen (secondary N) is 3. The van der Waals surface area contributed by atoms with Gasteiger partial charge in [-0.25, -0.2) is 13.9 Å². The maximum absolute atomic E-state index is 14.1. The molecule has 3 heterocycles. The molecule has 1 unspecified atom stereocenters. The highest BCUT2D eigenvalue weighted by molar-refractivity contribution is 6.00. The van der Waals surface area contributed by atoms with Crippen molar-refractivity contribution in [3.8, 4) is 11.4 Å². The van der Waals surface area contributed by atoms with Crippen molar-refractivity contribution in [2.45, 2.75) is 45.5 Å². The van der Waals surface area contributed by atoms with E-state index in [1.54, 1.807) is 28.9 Å². The van der Waals surface area contributed by atoms with Crippen molar-refractivity contribution in [1.29, 1.82) is 0 Å². The molecule has 0 radical (unpaired) electrons. The summed E-state index contributed by atoms with van der Waals surface area (Å²) in [6.07, 6.45) is 1.43. The first kappa shape index (κ1) is 24.3. The number of rotatable bonds is 10. The summed E-state index contributed by atoms with van der Waals surface area (Å²) in [5, 5.41) is 32.0. The molecule has 3 rings (SSSR count). The van der Waals surface area contributed by atoms with Crippen LogP contribution in [0.4, 0.5) is 15.9 Å². The third-order valence-corrected chi connectivity index (χ3v) is 4.84. The fourth-order valence-corrected chi connectivity index (χ4v) is 3.06. The van der Waals surface area contributed by atoms with Crippen molar-refractivity contribution in [3.05, 3.63) is 36.2 Å². The molecule has 0 saturated heterocycles. The van der Waals surface area contributed by atoms with Crippen LogP contribution in [0.1, 0.15) is 38.1 Å². The Labute approximate surface area is 191 Å². The Kier molecular flexibility index (Phi) is 7.44. The smallest absolute Gasteiger partial charge is 0.255 e. The summed E-state index contributed by atoms with van der Waals surface area (Å²) in [7, 11) is 0. The topological polar surface area (TPSA) is 137 Å². The van der Waals surface area contributed by atoms with Crippen LogP contribution in [-0.2, 0) is 0 Å². The maximum atomic E-state index is 14.1. The van der Waals surface area contributed by atoms with E-state index in [1.165, 1.54) is 20.0 Å². The predicted molar refractivity (Wildman–Crippen MR) is 124 cm³/mol. The third-order valence-electron chi connectivity index (χ3n) is 4.84. The number of imidazole rings is 1. The van der Waals surface area contributed by atoms with Crippen molar-refractivity contribution in [3.63, 3.8) is 0 Å². The minimum atomic E-state index is -1.62. The number of aromatic nitrogens is 4. The third kappa shape index (κ3) is 5.93. The van der Waals surface area contributed by atoms with Crippen molar-refractivity contribution >= 4 is 23.1 Å². The molecule has 0 aliphatic carbocycles. The van der Waals surface area contributed by atoms with E-state index in [2.05, 4.69) is 31.0 Å². The van der Waals surface area contributed by atoms with Crippen molar-refractivity contribution < 1.29 is 19.4 Å². The maximum Gasteiger partial charge on any atom is 0.255 e. The number of nitrogens with zero attached hydrogens (tertiary/aromatic N) is 4. The van der Waals surface area contributed by atoms with Gasteiger partial charge in [0.2, 0.25) is 0 Å². The van der Waals surface area contributed by atoms with Gasteiger partial charge in [-0.3, -0.25) is 9.78 Å². The first-order valence-corrected chi connectivity index (χ1v) is 10.7. The van der Waals surface area contributed by atoms with Crippen LogP contribution in [0.2, 0.25) is 0 Å². The lowest BCUT2D eigenvalue weighted by atomic mass is 10.0. The highest BCUT2D eigenvalue weighted by Crippen LogP contribution is 2.25. The minimum Gasteiger partial charge on any atom is -0.395 e. The number of aliphatic hydroxyl groups excluding tert-OH is 1. The zero-order chi connectivity index (χ0) is 24.2. The predicted octanol–water partition coefficient (Wildman–Crippen LogP) is 1.85. The van der Waals surface area contributed by atoms with Gasteiger partial charge in [0.15, 0.2) is 5.65 Å². The highest BCUT2D eigenvalue weighted by atomic mass is 19.1. The van der Waals surface area contributed by atoms with Crippen molar-refractivity contribution in [1.82, 2.24) is 24.9 Å². The second-order valence-corrected chi connectivity index (χ2v) is 8.53. The summed E-state index contributed by atoms with van der Waals surface area (Å²) < 4.78 is 15.7. The van der Waals surface area contributed by atoms with Gasteiger partial charge in [-0.15, -0.1) is 5.10 Å². The SMILES string of the molecule is CC(C)Nc1cc(-c2cnc3ccc(NCCO)nn23)ncc1C(=O)NCC(F)C(C)(C)O. The molecule has 1 atom stereocenters.